The smallest absolute Gasteiger partial charge is 0.0540 e. The number of thiophene rings is 1. The number of nitrogens with zero attached hydrogens (tertiary/aromatic N) is 1. The van der Waals surface area contributed by atoms with E-state index in [1.807, 2.05) is 11.3 Å². The van der Waals surface area contributed by atoms with Crippen LogP contribution in [0.4, 0.5) is 17.1 Å². The van der Waals surface area contributed by atoms with Crippen LogP contribution in [0.2, 0.25) is 0 Å². The average Bonchev–Trinajstić information content (AvgIpc) is 3.64. The van der Waals surface area contributed by atoms with Crippen molar-refractivity contribution in [3.63, 3.8) is 0 Å². The summed E-state index contributed by atoms with van der Waals surface area (Å²) in [6.07, 6.45) is 0. The fourth-order valence-electron chi connectivity index (χ4n) is 7.93. The van der Waals surface area contributed by atoms with E-state index < -0.39 is 0 Å². The Morgan fingerprint density at radius 3 is 1.80 bits per heavy atom. The van der Waals surface area contributed by atoms with Gasteiger partial charge in [-0.15, -0.1) is 11.3 Å². The number of fused-ring (bicyclic) bond motifs is 4. The molecule has 0 saturated carbocycles. The fourth-order valence-corrected chi connectivity index (χ4v) is 9.06. The Morgan fingerprint density at radius 2 is 0.907 bits per heavy atom. The van der Waals surface area contributed by atoms with Gasteiger partial charge in [-0.05, 0) is 98.2 Å². The second-order valence-electron chi connectivity index (χ2n) is 13.7. The van der Waals surface area contributed by atoms with Gasteiger partial charge in [-0.25, -0.2) is 0 Å². The minimum atomic E-state index is 1.10. The molecule has 0 saturated heterocycles. The highest BCUT2D eigenvalue weighted by atomic mass is 32.1. The molecular weight excluding hydrogens is 671 g/mol. The Morgan fingerprint density at radius 1 is 0.315 bits per heavy atom. The first-order chi connectivity index (χ1) is 26.8. The number of benzene rings is 9. The molecule has 0 atom stereocenters. The van der Waals surface area contributed by atoms with Crippen molar-refractivity contribution in [1.82, 2.24) is 0 Å². The van der Waals surface area contributed by atoms with Crippen molar-refractivity contribution < 1.29 is 0 Å². The van der Waals surface area contributed by atoms with Crippen LogP contribution in [0, 0.1) is 0 Å². The summed E-state index contributed by atoms with van der Waals surface area (Å²) in [4.78, 5) is 2.41. The molecule has 9 aromatic carbocycles. The fraction of sp³-hybridized carbons (Fsp3) is 0. The number of para-hydroxylation sites is 1. The van der Waals surface area contributed by atoms with Gasteiger partial charge in [-0.2, -0.15) is 0 Å². The molecule has 0 N–H and O–H groups in total. The number of hydrogen-bond donors (Lipinski definition) is 0. The minimum Gasteiger partial charge on any atom is -0.310 e. The molecule has 254 valence electrons. The lowest BCUT2D eigenvalue weighted by molar-refractivity contribution is 1.28. The molecule has 0 unspecified atom stereocenters. The van der Waals surface area contributed by atoms with Crippen molar-refractivity contribution in [1.29, 1.82) is 0 Å². The van der Waals surface area contributed by atoms with Gasteiger partial charge in [0.1, 0.15) is 0 Å². The maximum absolute atomic E-state index is 2.41. The van der Waals surface area contributed by atoms with E-state index in [-0.39, 0.29) is 0 Å². The number of hydrogen-bond acceptors (Lipinski definition) is 2. The Labute approximate surface area is 319 Å². The van der Waals surface area contributed by atoms with Crippen molar-refractivity contribution in [2.75, 3.05) is 4.90 Å². The molecule has 1 nitrogen and oxygen atoms in total. The van der Waals surface area contributed by atoms with E-state index >= 15 is 0 Å². The predicted octanol–water partition coefficient (Wildman–Crippen LogP) is 15.3. The molecule has 0 amide bonds. The van der Waals surface area contributed by atoms with Crippen LogP contribution in [0.5, 0.6) is 0 Å². The van der Waals surface area contributed by atoms with Gasteiger partial charge in [0, 0.05) is 37.1 Å². The van der Waals surface area contributed by atoms with Crippen LogP contribution >= 0.6 is 11.3 Å². The lowest BCUT2D eigenvalue weighted by Crippen LogP contribution is -2.11. The average molecular weight is 706 g/mol. The van der Waals surface area contributed by atoms with E-state index in [4.69, 9.17) is 0 Å². The summed E-state index contributed by atoms with van der Waals surface area (Å²) in [5.74, 6) is 0. The van der Waals surface area contributed by atoms with Gasteiger partial charge in [0.25, 0.3) is 0 Å². The molecule has 1 heterocycles. The van der Waals surface area contributed by atoms with Crippen LogP contribution in [0.3, 0.4) is 0 Å². The summed E-state index contributed by atoms with van der Waals surface area (Å²) >= 11 is 1.86. The molecule has 10 aromatic rings. The van der Waals surface area contributed by atoms with Gasteiger partial charge in [-0.1, -0.05) is 164 Å². The van der Waals surface area contributed by atoms with Crippen LogP contribution in [-0.4, -0.2) is 0 Å². The summed E-state index contributed by atoms with van der Waals surface area (Å²) in [5.41, 5.74) is 13.0. The Kier molecular flexibility index (Phi) is 8.09. The molecule has 0 radical (unpaired) electrons. The standard InChI is InChI=1S/C52H35NS/c1-2-14-36(15-3-1)39-18-11-21-43(35-39)53(42-32-30-38(31-33-42)47-26-13-29-51-52(47)48-24-7-9-28-50(48)54-51)49-27-8-6-23-46(49)41-20-10-19-40(34-41)45-25-12-17-37-16-4-5-22-44(37)45/h1-35H. The lowest BCUT2D eigenvalue weighted by atomic mass is 9.94. The minimum absolute atomic E-state index is 1.10. The lowest BCUT2D eigenvalue weighted by Gasteiger charge is -2.28. The molecule has 0 bridgehead atoms. The normalized spacial score (nSPS) is 11.3. The summed E-state index contributed by atoms with van der Waals surface area (Å²) in [7, 11) is 0. The topological polar surface area (TPSA) is 3.24 Å². The first kappa shape index (κ1) is 32.0. The molecule has 0 fully saturated rings. The molecule has 54 heavy (non-hydrogen) atoms. The third-order valence-electron chi connectivity index (χ3n) is 10.5. The second kappa shape index (κ2) is 13.7. The Balaban J connectivity index is 1.13. The number of anilines is 3. The first-order valence-electron chi connectivity index (χ1n) is 18.4. The highest BCUT2D eigenvalue weighted by Crippen LogP contribution is 2.44. The van der Waals surface area contributed by atoms with E-state index in [0.717, 1.165) is 17.1 Å². The first-order valence-corrected chi connectivity index (χ1v) is 19.2. The highest BCUT2D eigenvalue weighted by Gasteiger charge is 2.19. The van der Waals surface area contributed by atoms with Crippen LogP contribution in [0.1, 0.15) is 0 Å². The molecule has 0 aliphatic carbocycles. The van der Waals surface area contributed by atoms with E-state index in [9.17, 15) is 0 Å². The van der Waals surface area contributed by atoms with Crippen LogP contribution in [0.15, 0.2) is 212 Å². The maximum Gasteiger partial charge on any atom is 0.0540 e. The second-order valence-corrected chi connectivity index (χ2v) is 14.8. The van der Waals surface area contributed by atoms with E-state index in [1.165, 1.54) is 75.5 Å². The molecule has 10 rings (SSSR count). The molecular formula is C52H35NS. The molecule has 1 aromatic heterocycles. The highest BCUT2D eigenvalue weighted by molar-refractivity contribution is 7.25. The summed E-state index contributed by atoms with van der Waals surface area (Å²) in [6, 6.07) is 77.1. The predicted molar refractivity (Wildman–Crippen MR) is 233 cm³/mol. The van der Waals surface area contributed by atoms with Crippen molar-refractivity contribution >= 4 is 59.3 Å². The van der Waals surface area contributed by atoms with Gasteiger partial charge in [0.05, 0.1) is 5.69 Å². The molecule has 0 spiro atoms. The maximum atomic E-state index is 2.41. The van der Waals surface area contributed by atoms with Gasteiger partial charge in [0.2, 0.25) is 0 Å². The van der Waals surface area contributed by atoms with Crippen LogP contribution < -0.4 is 4.90 Å². The van der Waals surface area contributed by atoms with Gasteiger partial charge < -0.3 is 4.90 Å². The van der Waals surface area contributed by atoms with Crippen molar-refractivity contribution in [3.05, 3.63) is 212 Å². The van der Waals surface area contributed by atoms with Crippen molar-refractivity contribution in [3.8, 4) is 44.5 Å². The van der Waals surface area contributed by atoms with Crippen LogP contribution in [-0.2, 0) is 0 Å². The molecule has 2 heteroatoms. The zero-order valence-electron chi connectivity index (χ0n) is 29.6. The van der Waals surface area contributed by atoms with Crippen molar-refractivity contribution in [2.24, 2.45) is 0 Å². The number of rotatable bonds is 7. The molecule has 0 aliphatic heterocycles. The third-order valence-corrected chi connectivity index (χ3v) is 11.6. The molecule has 0 aliphatic rings. The summed E-state index contributed by atoms with van der Waals surface area (Å²) < 4.78 is 2.64. The monoisotopic (exact) mass is 705 g/mol. The van der Waals surface area contributed by atoms with Crippen LogP contribution in [0.25, 0.3) is 75.5 Å². The Bertz CT molecular complexity index is 2930. The zero-order valence-corrected chi connectivity index (χ0v) is 30.4. The van der Waals surface area contributed by atoms with Crippen molar-refractivity contribution in [2.45, 2.75) is 0 Å². The summed E-state index contributed by atoms with van der Waals surface area (Å²) in [6.45, 7) is 0. The van der Waals surface area contributed by atoms with Gasteiger partial charge in [-0.3, -0.25) is 0 Å². The Hall–Kier alpha value is -6.74. The largest absolute Gasteiger partial charge is 0.310 e. The van der Waals surface area contributed by atoms with Gasteiger partial charge >= 0.3 is 0 Å². The SMILES string of the molecule is c1ccc(-c2cccc(N(c3ccc(-c4cccc5sc6ccccc6c45)cc3)c3ccccc3-c3cccc(-c4cccc5ccccc45)c3)c2)cc1. The third kappa shape index (κ3) is 5.74. The van der Waals surface area contributed by atoms with Gasteiger partial charge in [0.15, 0.2) is 0 Å². The van der Waals surface area contributed by atoms with E-state index in [2.05, 4.69) is 217 Å². The van der Waals surface area contributed by atoms with E-state index in [0.29, 0.717) is 0 Å². The zero-order chi connectivity index (χ0) is 35.8. The quantitative estimate of drug-likeness (QED) is 0.160. The summed E-state index contributed by atoms with van der Waals surface area (Å²) in [5, 5.41) is 5.15. The van der Waals surface area contributed by atoms with E-state index in [1.54, 1.807) is 0 Å².